The molecule has 1 atom stereocenters. The second-order valence-electron chi connectivity index (χ2n) is 3.41. The highest BCUT2D eigenvalue weighted by atomic mass is 16.3. The Balaban J connectivity index is 2.67. The summed E-state index contributed by atoms with van der Waals surface area (Å²) in [5.74, 6) is 0. The van der Waals surface area contributed by atoms with Gasteiger partial charge >= 0.3 is 0 Å². The molecule has 0 saturated heterocycles. The average Bonchev–Trinajstić information content (AvgIpc) is 2.53. The number of aromatic nitrogens is 1. The molecule has 0 bridgehead atoms. The van der Waals surface area contributed by atoms with Gasteiger partial charge in [-0.1, -0.05) is 18.2 Å². The minimum absolute atomic E-state index is 0.247. The van der Waals surface area contributed by atoms with Crippen LogP contribution in [0.4, 0.5) is 0 Å². The Morgan fingerprint density at radius 2 is 2.07 bits per heavy atom. The zero-order valence-electron chi connectivity index (χ0n) is 7.99. The van der Waals surface area contributed by atoms with E-state index in [0.29, 0.717) is 0 Å². The van der Waals surface area contributed by atoms with Gasteiger partial charge in [-0.3, -0.25) is 0 Å². The molecule has 0 aliphatic carbocycles. The Morgan fingerprint density at radius 3 is 2.79 bits per heavy atom. The van der Waals surface area contributed by atoms with Crippen molar-refractivity contribution in [2.24, 2.45) is 0 Å². The van der Waals surface area contributed by atoms with E-state index in [1.807, 2.05) is 31.2 Å². The quantitative estimate of drug-likeness (QED) is 0.673. The molecular weight excluding hydrogens is 178 g/mol. The van der Waals surface area contributed by atoms with Crippen molar-refractivity contribution >= 4 is 10.9 Å². The summed E-state index contributed by atoms with van der Waals surface area (Å²) >= 11 is 0. The van der Waals surface area contributed by atoms with Gasteiger partial charge in [-0.2, -0.15) is 0 Å². The smallest absolute Gasteiger partial charge is 0.104 e. The van der Waals surface area contributed by atoms with Gasteiger partial charge in [-0.05, 0) is 13.0 Å². The van der Waals surface area contributed by atoms with Crippen molar-refractivity contribution in [1.29, 1.82) is 0 Å². The number of aromatic amines is 1. The summed E-state index contributed by atoms with van der Waals surface area (Å²) in [5.41, 5.74) is 2.70. The maximum atomic E-state index is 9.63. The third kappa shape index (κ3) is 1.31. The largest absolute Gasteiger partial charge is 0.393 e. The number of aliphatic hydroxyl groups excluding tert-OH is 2. The van der Waals surface area contributed by atoms with Crippen LogP contribution in [0.2, 0.25) is 0 Å². The van der Waals surface area contributed by atoms with Gasteiger partial charge in [-0.25, -0.2) is 0 Å². The Labute approximate surface area is 82.0 Å². The number of para-hydroxylation sites is 1. The molecule has 0 saturated carbocycles. The van der Waals surface area contributed by atoms with Gasteiger partial charge in [0.25, 0.3) is 0 Å². The van der Waals surface area contributed by atoms with Crippen LogP contribution < -0.4 is 0 Å². The van der Waals surface area contributed by atoms with Crippen LogP contribution in [0.3, 0.4) is 0 Å². The fourth-order valence-corrected chi connectivity index (χ4v) is 1.82. The van der Waals surface area contributed by atoms with Gasteiger partial charge in [0.1, 0.15) is 6.10 Å². The first-order valence-electron chi connectivity index (χ1n) is 4.60. The Hall–Kier alpha value is -1.32. The van der Waals surface area contributed by atoms with Crippen LogP contribution in [-0.2, 0) is 0 Å². The van der Waals surface area contributed by atoms with Gasteiger partial charge in [-0.15, -0.1) is 0 Å². The van der Waals surface area contributed by atoms with E-state index in [1.165, 1.54) is 0 Å². The lowest BCUT2D eigenvalue weighted by Gasteiger charge is -2.06. The molecular formula is C11H13NO2. The lowest BCUT2D eigenvalue weighted by Crippen LogP contribution is -2.03. The van der Waals surface area contributed by atoms with Crippen LogP contribution in [0.5, 0.6) is 0 Å². The zero-order chi connectivity index (χ0) is 10.1. The molecule has 3 nitrogen and oxygen atoms in total. The first-order valence-corrected chi connectivity index (χ1v) is 4.60. The van der Waals surface area contributed by atoms with Crippen molar-refractivity contribution in [2.45, 2.75) is 13.0 Å². The molecule has 74 valence electrons. The number of H-pyrrole nitrogens is 1. The molecule has 14 heavy (non-hydrogen) atoms. The fourth-order valence-electron chi connectivity index (χ4n) is 1.82. The molecule has 3 N–H and O–H groups in total. The van der Waals surface area contributed by atoms with Gasteiger partial charge in [0.2, 0.25) is 0 Å². The number of rotatable bonds is 2. The summed E-state index contributed by atoms with van der Waals surface area (Å²) in [6, 6.07) is 7.75. The molecule has 1 aromatic heterocycles. The molecule has 0 aliphatic rings. The number of aryl methyl sites for hydroxylation is 1. The minimum Gasteiger partial charge on any atom is -0.393 e. The van der Waals surface area contributed by atoms with Crippen LogP contribution in [0.15, 0.2) is 24.3 Å². The molecule has 0 radical (unpaired) electrons. The number of hydrogen-bond donors (Lipinski definition) is 3. The van der Waals surface area contributed by atoms with Crippen molar-refractivity contribution in [2.75, 3.05) is 6.61 Å². The molecule has 0 fully saturated rings. The second-order valence-corrected chi connectivity index (χ2v) is 3.41. The third-order valence-corrected chi connectivity index (χ3v) is 2.45. The van der Waals surface area contributed by atoms with E-state index in [-0.39, 0.29) is 6.61 Å². The third-order valence-electron chi connectivity index (χ3n) is 2.45. The molecule has 2 rings (SSSR count). The lowest BCUT2D eigenvalue weighted by atomic mass is 10.1. The Morgan fingerprint density at radius 1 is 1.36 bits per heavy atom. The molecule has 3 heteroatoms. The summed E-state index contributed by atoms with van der Waals surface area (Å²) in [4.78, 5) is 3.17. The molecule has 2 aromatic rings. The fraction of sp³-hybridized carbons (Fsp3) is 0.273. The summed E-state index contributed by atoms with van der Waals surface area (Å²) in [7, 11) is 0. The van der Waals surface area contributed by atoms with Crippen molar-refractivity contribution in [3.05, 3.63) is 35.5 Å². The first-order chi connectivity index (χ1) is 6.74. The highest BCUT2D eigenvalue weighted by Gasteiger charge is 2.14. The normalized spacial score (nSPS) is 13.4. The van der Waals surface area contributed by atoms with Crippen molar-refractivity contribution in [1.82, 2.24) is 4.98 Å². The molecule has 0 aliphatic heterocycles. The van der Waals surface area contributed by atoms with Gasteiger partial charge in [0, 0.05) is 22.2 Å². The molecule has 1 unspecified atom stereocenters. The summed E-state index contributed by atoms with van der Waals surface area (Å²) < 4.78 is 0. The number of nitrogens with one attached hydrogen (secondary N) is 1. The van der Waals surface area contributed by atoms with Crippen molar-refractivity contribution in [3.63, 3.8) is 0 Å². The number of aliphatic hydroxyl groups is 2. The number of benzene rings is 1. The van der Waals surface area contributed by atoms with E-state index >= 15 is 0 Å². The SMILES string of the molecule is Cc1[nH]c2ccccc2c1C(O)CO. The van der Waals surface area contributed by atoms with Gasteiger partial charge < -0.3 is 15.2 Å². The maximum Gasteiger partial charge on any atom is 0.104 e. The standard InChI is InChI=1S/C11H13NO2/c1-7-11(10(14)6-13)8-4-2-3-5-9(8)12-7/h2-5,10,12-14H,6H2,1H3. The summed E-state index contributed by atoms with van der Waals surface area (Å²) in [5, 5.41) is 19.5. The topological polar surface area (TPSA) is 56.2 Å². The maximum absolute atomic E-state index is 9.63. The molecule has 1 aromatic carbocycles. The van der Waals surface area contributed by atoms with E-state index in [2.05, 4.69) is 4.98 Å². The molecule has 1 heterocycles. The highest BCUT2D eigenvalue weighted by molar-refractivity contribution is 5.84. The van der Waals surface area contributed by atoms with Crippen LogP contribution in [-0.4, -0.2) is 21.8 Å². The zero-order valence-corrected chi connectivity index (χ0v) is 7.99. The van der Waals surface area contributed by atoms with Crippen molar-refractivity contribution in [3.8, 4) is 0 Å². The van der Waals surface area contributed by atoms with Crippen LogP contribution in [0.25, 0.3) is 10.9 Å². The summed E-state index contributed by atoms with van der Waals surface area (Å²) in [6.07, 6.45) is -0.800. The number of fused-ring (bicyclic) bond motifs is 1. The van der Waals surface area contributed by atoms with Gasteiger partial charge in [0.05, 0.1) is 6.61 Å². The van der Waals surface area contributed by atoms with E-state index < -0.39 is 6.10 Å². The summed E-state index contributed by atoms with van der Waals surface area (Å²) in [6.45, 7) is 1.65. The first kappa shape index (κ1) is 9.24. The predicted octanol–water partition coefficient (Wildman–Crippen LogP) is 1.50. The molecule has 0 amide bonds. The van der Waals surface area contributed by atoms with Crippen LogP contribution in [0, 0.1) is 6.92 Å². The molecule has 0 spiro atoms. The van der Waals surface area contributed by atoms with E-state index in [9.17, 15) is 5.11 Å². The van der Waals surface area contributed by atoms with Gasteiger partial charge in [0.15, 0.2) is 0 Å². The van der Waals surface area contributed by atoms with E-state index in [4.69, 9.17) is 5.11 Å². The predicted molar refractivity (Wildman–Crippen MR) is 55.1 cm³/mol. The number of hydrogen-bond acceptors (Lipinski definition) is 2. The Kier molecular flexibility index (Phi) is 2.27. The van der Waals surface area contributed by atoms with E-state index in [1.54, 1.807) is 0 Å². The monoisotopic (exact) mass is 191 g/mol. The van der Waals surface area contributed by atoms with Crippen LogP contribution >= 0.6 is 0 Å². The van der Waals surface area contributed by atoms with Crippen LogP contribution in [0.1, 0.15) is 17.4 Å². The average molecular weight is 191 g/mol. The minimum atomic E-state index is -0.800. The van der Waals surface area contributed by atoms with E-state index in [0.717, 1.165) is 22.2 Å². The lowest BCUT2D eigenvalue weighted by molar-refractivity contribution is 0.0962. The van der Waals surface area contributed by atoms with Crippen molar-refractivity contribution < 1.29 is 10.2 Å². The Bertz CT molecular complexity index is 447. The second kappa shape index (κ2) is 3.44. The highest BCUT2D eigenvalue weighted by Crippen LogP contribution is 2.27.